The number of nitrogens with one attached hydrogen (secondary N) is 1. The van der Waals surface area contributed by atoms with Crippen molar-refractivity contribution in [1.29, 1.82) is 0 Å². The fraction of sp³-hybridized carbons (Fsp3) is 0.167. The van der Waals surface area contributed by atoms with E-state index in [4.69, 9.17) is 0 Å². The topological polar surface area (TPSA) is 72.7 Å². The second-order valence-corrected chi connectivity index (χ2v) is 8.54. The summed E-state index contributed by atoms with van der Waals surface area (Å²) in [6, 6.07) is 19.6. The maximum absolute atomic E-state index is 12.9. The average Bonchev–Trinajstić information content (AvgIpc) is 3.19. The molecular formula is C24H23N5OS. The molecule has 31 heavy (non-hydrogen) atoms. The molecule has 4 aromatic rings. The lowest BCUT2D eigenvalue weighted by Crippen LogP contribution is -2.23. The number of carbonyl (C=O) groups is 1. The number of aromatic nitrogens is 4. The van der Waals surface area contributed by atoms with Gasteiger partial charge in [0.2, 0.25) is 5.91 Å². The van der Waals surface area contributed by atoms with Crippen molar-refractivity contribution in [2.45, 2.75) is 31.2 Å². The SMILES string of the molecule is Cc1ccccc1NC(=O)[C@@H](C)Sc1nnc(-c2ccncc2)n1-c1ccccc1C. The van der Waals surface area contributed by atoms with Crippen LogP contribution in [0.25, 0.3) is 17.1 Å². The minimum Gasteiger partial charge on any atom is -0.325 e. The van der Waals surface area contributed by atoms with Crippen molar-refractivity contribution < 1.29 is 4.79 Å². The molecule has 0 saturated heterocycles. The zero-order valence-electron chi connectivity index (χ0n) is 17.6. The van der Waals surface area contributed by atoms with Crippen LogP contribution in [-0.2, 0) is 4.79 Å². The summed E-state index contributed by atoms with van der Waals surface area (Å²) in [6.07, 6.45) is 3.47. The van der Waals surface area contributed by atoms with Crippen molar-refractivity contribution in [2.75, 3.05) is 5.32 Å². The Morgan fingerprint density at radius 2 is 1.61 bits per heavy atom. The Kier molecular flexibility index (Phi) is 6.13. The van der Waals surface area contributed by atoms with Gasteiger partial charge in [0, 0.05) is 23.6 Å². The average molecular weight is 430 g/mol. The van der Waals surface area contributed by atoms with Gasteiger partial charge in [0.1, 0.15) is 0 Å². The first-order valence-corrected chi connectivity index (χ1v) is 10.9. The number of carbonyl (C=O) groups excluding carboxylic acids is 1. The summed E-state index contributed by atoms with van der Waals surface area (Å²) >= 11 is 1.38. The first-order chi connectivity index (χ1) is 15.0. The Balaban J connectivity index is 1.67. The van der Waals surface area contributed by atoms with E-state index in [0.717, 1.165) is 28.1 Å². The molecule has 156 valence electrons. The molecule has 4 rings (SSSR count). The largest absolute Gasteiger partial charge is 0.325 e. The Morgan fingerprint density at radius 1 is 0.935 bits per heavy atom. The van der Waals surface area contributed by atoms with Crippen LogP contribution in [0.4, 0.5) is 5.69 Å². The molecule has 1 amide bonds. The quantitative estimate of drug-likeness (QED) is 0.434. The standard InChI is InChI=1S/C24H23N5OS/c1-16-8-4-6-10-20(16)26-23(30)18(3)31-24-28-27-22(19-12-14-25-15-13-19)29(24)21-11-7-5-9-17(21)2/h4-15,18H,1-3H3,(H,26,30)/t18-/m1/s1. The summed E-state index contributed by atoms with van der Waals surface area (Å²) in [4.78, 5) is 17.0. The van der Waals surface area contributed by atoms with Crippen LogP contribution in [0.5, 0.6) is 0 Å². The number of nitrogens with zero attached hydrogens (tertiary/aromatic N) is 4. The van der Waals surface area contributed by atoms with Gasteiger partial charge in [0.15, 0.2) is 11.0 Å². The van der Waals surface area contributed by atoms with Crippen LogP contribution < -0.4 is 5.32 Å². The lowest BCUT2D eigenvalue weighted by atomic mass is 10.2. The molecule has 6 nitrogen and oxygen atoms in total. The third kappa shape index (κ3) is 4.51. The number of hydrogen-bond donors (Lipinski definition) is 1. The molecule has 1 N–H and O–H groups in total. The summed E-state index contributed by atoms with van der Waals surface area (Å²) in [5, 5.41) is 12.2. The van der Waals surface area contributed by atoms with E-state index in [1.54, 1.807) is 12.4 Å². The lowest BCUT2D eigenvalue weighted by molar-refractivity contribution is -0.115. The predicted molar refractivity (Wildman–Crippen MR) is 124 cm³/mol. The van der Waals surface area contributed by atoms with E-state index in [0.29, 0.717) is 11.0 Å². The fourth-order valence-electron chi connectivity index (χ4n) is 3.22. The van der Waals surface area contributed by atoms with Crippen LogP contribution in [-0.4, -0.2) is 30.9 Å². The zero-order valence-corrected chi connectivity index (χ0v) is 18.4. The van der Waals surface area contributed by atoms with E-state index in [-0.39, 0.29) is 11.2 Å². The highest BCUT2D eigenvalue weighted by Crippen LogP contribution is 2.31. The summed E-state index contributed by atoms with van der Waals surface area (Å²) in [5.41, 5.74) is 4.83. The maximum Gasteiger partial charge on any atom is 0.237 e. The number of amides is 1. The van der Waals surface area contributed by atoms with E-state index >= 15 is 0 Å². The Labute approximate surface area is 185 Å². The first kappa shape index (κ1) is 20.8. The summed E-state index contributed by atoms with van der Waals surface area (Å²) < 4.78 is 2.01. The molecular weight excluding hydrogens is 406 g/mol. The Hall–Kier alpha value is -3.45. The molecule has 2 aromatic carbocycles. The van der Waals surface area contributed by atoms with Gasteiger partial charge in [0.25, 0.3) is 0 Å². The molecule has 7 heteroatoms. The van der Waals surface area contributed by atoms with Crippen LogP contribution in [0.15, 0.2) is 78.2 Å². The Bertz CT molecular complexity index is 1210. The molecule has 1 atom stereocenters. The van der Waals surface area contributed by atoms with Crippen LogP contribution in [0.1, 0.15) is 18.1 Å². The van der Waals surface area contributed by atoms with Crippen molar-refractivity contribution in [3.05, 3.63) is 84.2 Å². The van der Waals surface area contributed by atoms with Crippen molar-refractivity contribution in [1.82, 2.24) is 19.7 Å². The second-order valence-electron chi connectivity index (χ2n) is 7.23. The number of para-hydroxylation sites is 2. The van der Waals surface area contributed by atoms with Gasteiger partial charge < -0.3 is 5.32 Å². The van der Waals surface area contributed by atoms with Crippen LogP contribution in [0.3, 0.4) is 0 Å². The minimum atomic E-state index is -0.364. The van der Waals surface area contributed by atoms with Crippen LogP contribution in [0.2, 0.25) is 0 Å². The molecule has 0 saturated carbocycles. The smallest absolute Gasteiger partial charge is 0.237 e. The van der Waals surface area contributed by atoms with E-state index < -0.39 is 0 Å². The summed E-state index contributed by atoms with van der Waals surface area (Å²) in [5.74, 6) is 0.634. The molecule has 0 aliphatic carbocycles. The number of rotatable bonds is 6. The third-order valence-corrected chi connectivity index (χ3v) is 6.03. The second kappa shape index (κ2) is 9.14. The van der Waals surface area contributed by atoms with Gasteiger partial charge in [-0.25, -0.2) is 0 Å². The van der Waals surface area contributed by atoms with Crippen LogP contribution in [0, 0.1) is 13.8 Å². The van der Waals surface area contributed by atoms with Crippen molar-refractivity contribution >= 4 is 23.4 Å². The predicted octanol–water partition coefficient (Wildman–Crippen LogP) is 5.07. The molecule has 2 heterocycles. The fourth-order valence-corrected chi connectivity index (χ4v) is 4.09. The highest BCUT2D eigenvalue weighted by atomic mass is 32.2. The lowest BCUT2D eigenvalue weighted by Gasteiger charge is -2.16. The highest BCUT2D eigenvalue weighted by molar-refractivity contribution is 8.00. The number of benzene rings is 2. The molecule has 0 bridgehead atoms. The van der Waals surface area contributed by atoms with Gasteiger partial charge in [-0.1, -0.05) is 48.2 Å². The van der Waals surface area contributed by atoms with Gasteiger partial charge in [-0.2, -0.15) is 0 Å². The monoisotopic (exact) mass is 429 g/mol. The minimum absolute atomic E-state index is 0.0795. The molecule has 0 aliphatic rings. The van der Waals surface area contributed by atoms with E-state index in [2.05, 4.69) is 33.5 Å². The number of aryl methyl sites for hydroxylation is 2. The third-order valence-electron chi connectivity index (χ3n) is 4.98. The maximum atomic E-state index is 12.9. The number of pyridine rings is 1. The van der Waals surface area contributed by atoms with Crippen molar-refractivity contribution in [2.24, 2.45) is 0 Å². The van der Waals surface area contributed by atoms with E-state index in [1.165, 1.54) is 11.8 Å². The summed E-state index contributed by atoms with van der Waals surface area (Å²) in [7, 11) is 0. The van der Waals surface area contributed by atoms with Crippen molar-refractivity contribution in [3.63, 3.8) is 0 Å². The number of anilines is 1. The molecule has 0 aliphatic heterocycles. The van der Waals surface area contributed by atoms with E-state index in [9.17, 15) is 4.79 Å². The van der Waals surface area contributed by atoms with Crippen LogP contribution >= 0.6 is 11.8 Å². The molecule has 0 spiro atoms. The van der Waals surface area contributed by atoms with Gasteiger partial charge in [-0.05, 0) is 56.2 Å². The normalized spacial score (nSPS) is 11.8. The molecule has 0 fully saturated rings. The summed E-state index contributed by atoms with van der Waals surface area (Å²) in [6.45, 7) is 5.90. The zero-order chi connectivity index (χ0) is 21.8. The van der Waals surface area contributed by atoms with E-state index in [1.807, 2.05) is 73.0 Å². The molecule has 0 radical (unpaired) electrons. The number of thioether (sulfide) groups is 1. The van der Waals surface area contributed by atoms with Gasteiger partial charge in [0.05, 0.1) is 10.9 Å². The first-order valence-electron chi connectivity index (χ1n) is 9.99. The Morgan fingerprint density at radius 3 is 2.32 bits per heavy atom. The molecule has 2 aromatic heterocycles. The van der Waals surface area contributed by atoms with Gasteiger partial charge >= 0.3 is 0 Å². The van der Waals surface area contributed by atoms with Gasteiger partial charge in [-0.15, -0.1) is 10.2 Å². The van der Waals surface area contributed by atoms with Gasteiger partial charge in [-0.3, -0.25) is 14.3 Å². The van der Waals surface area contributed by atoms with Crippen molar-refractivity contribution in [3.8, 4) is 17.1 Å². The molecule has 0 unspecified atom stereocenters. The number of hydrogen-bond acceptors (Lipinski definition) is 5. The highest BCUT2D eigenvalue weighted by Gasteiger charge is 2.22.